The van der Waals surface area contributed by atoms with E-state index in [2.05, 4.69) is 17.4 Å². The number of halogens is 1. The molecule has 0 saturated carbocycles. The van der Waals surface area contributed by atoms with Crippen LogP contribution < -0.4 is 5.32 Å². The average Bonchev–Trinajstić information content (AvgIpc) is 2.86. The second-order valence-electron chi connectivity index (χ2n) is 5.72. The van der Waals surface area contributed by atoms with Gasteiger partial charge in [-0.05, 0) is 53.5 Å². The molecule has 1 amide bonds. The molecule has 112 valence electrons. The van der Waals surface area contributed by atoms with Crippen molar-refractivity contribution < 1.29 is 9.18 Å². The molecule has 0 spiro atoms. The predicted molar refractivity (Wildman–Crippen MR) is 90.7 cm³/mol. The van der Waals surface area contributed by atoms with Gasteiger partial charge in [0.05, 0.1) is 0 Å². The summed E-state index contributed by atoms with van der Waals surface area (Å²) in [4.78, 5) is 12.2. The number of fused-ring (bicyclic) bond motifs is 2. The van der Waals surface area contributed by atoms with Crippen molar-refractivity contribution in [2.45, 2.75) is 6.92 Å². The predicted octanol–water partition coefficient (Wildman–Crippen LogP) is 4.73. The van der Waals surface area contributed by atoms with Gasteiger partial charge in [-0.3, -0.25) is 4.79 Å². The lowest BCUT2D eigenvalue weighted by molar-refractivity contribution is -0.110. The first-order valence-corrected chi connectivity index (χ1v) is 7.45. The fourth-order valence-electron chi connectivity index (χ4n) is 3.11. The van der Waals surface area contributed by atoms with Crippen LogP contribution in [0.5, 0.6) is 0 Å². The third kappa shape index (κ3) is 2.21. The first kappa shape index (κ1) is 13.7. The van der Waals surface area contributed by atoms with E-state index < -0.39 is 0 Å². The van der Waals surface area contributed by atoms with Crippen molar-refractivity contribution in [3.63, 3.8) is 0 Å². The highest BCUT2D eigenvalue weighted by Crippen LogP contribution is 2.37. The van der Waals surface area contributed by atoms with E-state index in [1.165, 1.54) is 12.1 Å². The summed E-state index contributed by atoms with van der Waals surface area (Å²) in [6, 6.07) is 16.5. The molecule has 3 aliphatic rings. The largest absolute Gasteiger partial charge is 0.321 e. The van der Waals surface area contributed by atoms with Crippen molar-refractivity contribution in [1.82, 2.24) is 0 Å². The number of aryl methyl sites for hydroxylation is 1. The van der Waals surface area contributed by atoms with Crippen LogP contribution in [0, 0.1) is 12.7 Å². The number of anilines is 1. The fraction of sp³-hybridized carbons (Fsp3) is 0.0500. The molecular formula is C20H14FNO. The van der Waals surface area contributed by atoms with Gasteiger partial charge in [0.2, 0.25) is 0 Å². The number of carbonyl (C=O) groups excluding carboxylic acids is 1. The van der Waals surface area contributed by atoms with Gasteiger partial charge < -0.3 is 5.32 Å². The molecule has 1 aromatic rings. The Morgan fingerprint density at radius 1 is 0.957 bits per heavy atom. The summed E-state index contributed by atoms with van der Waals surface area (Å²) in [6.45, 7) is 2.05. The summed E-state index contributed by atoms with van der Waals surface area (Å²) >= 11 is 0. The molecule has 0 fully saturated rings. The van der Waals surface area contributed by atoms with Crippen LogP contribution in [-0.4, -0.2) is 5.91 Å². The maximum atomic E-state index is 13.5. The Hall–Kier alpha value is -2.94. The van der Waals surface area contributed by atoms with Crippen LogP contribution in [0.1, 0.15) is 16.7 Å². The zero-order valence-corrected chi connectivity index (χ0v) is 12.6. The molecule has 1 heterocycles. The zero-order chi connectivity index (χ0) is 16.0. The van der Waals surface area contributed by atoms with Crippen LogP contribution in [0.2, 0.25) is 0 Å². The van der Waals surface area contributed by atoms with Gasteiger partial charge in [-0.15, -0.1) is 0 Å². The molecule has 3 heteroatoms. The maximum absolute atomic E-state index is 13.5. The Labute approximate surface area is 133 Å². The number of benzene rings is 1. The van der Waals surface area contributed by atoms with Gasteiger partial charge in [-0.25, -0.2) is 4.39 Å². The first-order chi connectivity index (χ1) is 11.1. The lowest BCUT2D eigenvalue weighted by atomic mass is 10.0. The Bertz CT molecular complexity index is 942. The van der Waals surface area contributed by atoms with E-state index >= 15 is 0 Å². The molecule has 0 aromatic heterocycles. The second kappa shape index (κ2) is 5.06. The average molecular weight is 303 g/mol. The van der Waals surface area contributed by atoms with Gasteiger partial charge in [0.1, 0.15) is 5.82 Å². The summed E-state index contributed by atoms with van der Waals surface area (Å²) in [7, 11) is 0. The van der Waals surface area contributed by atoms with Gasteiger partial charge in [-0.2, -0.15) is 0 Å². The summed E-state index contributed by atoms with van der Waals surface area (Å²) < 4.78 is 13.5. The summed E-state index contributed by atoms with van der Waals surface area (Å²) in [5.41, 5.74) is 6.12. The van der Waals surface area contributed by atoms with Crippen LogP contribution in [-0.2, 0) is 4.79 Å². The molecule has 0 unspecified atom stereocenters. The van der Waals surface area contributed by atoms with Crippen molar-refractivity contribution in [1.29, 1.82) is 0 Å². The number of carbonyl (C=O) groups is 1. The minimum absolute atomic E-state index is 0.196. The van der Waals surface area contributed by atoms with Gasteiger partial charge in [-0.1, -0.05) is 36.4 Å². The van der Waals surface area contributed by atoms with Crippen LogP contribution in [0.4, 0.5) is 10.1 Å². The SMILES string of the molecule is Cc1cc(/C=C2\C(=O)Nc3ccc(F)cc32)c2cccccc1-2. The molecule has 1 N–H and O–H groups in total. The van der Waals surface area contributed by atoms with Crippen LogP contribution in [0.3, 0.4) is 0 Å². The molecule has 0 radical (unpaired) electrons. The Kier molecular flexibility index (Phi) is 3.01. The van der Waals surface area contributed by atoms with Crippen molar-refractivity contribution in [2.75, 3.05) is 5.32 Å². The van der Waals surface area contributed by atoms with E-state index in [1.807, 2.05) is 37.3 Å². The molecule has 0 atom stereocenters. The molecule has 4 rings (SSSR count). The van der Waals surface area contributed by atoms with E-state index in [4.69, 9.17) is 0 Å². The highest BCUT2D eigenvalue weighted by Gasteiger charge is 2.25. The Morgan fingerprint density at radius 2 is 1.74 bits per heavy atom. The van der Waals surface area contributed by atoms with Crippen molar-refractivity contribution in [2.24, 2.45) is 0 Å². The Morgan fingerprint density at radius 3 is 2.57 bits per heavy atom. The number of amides is 1. The summed E-state index contributed by atoms with van der Waals surface area (Å²) in [6.07, 6.45) is 1.84. The van der Waals surface area contributed by atoms with Crippen LogP contribution in [0.25, 0.3) is 22.8 Å². The van der Waals surface area contributed by atoms with E-state index in [0.717, 1.165) is 22.3 Å². The monoisotopic (exact) mass is 303 g/mol. The van der Waals surface area contributed by atoms with Crippen molar-refractivity contribution in [3.05, 3.63) is 77.1 Å². The third-order valence-corrected chi connectivity index (χ3v) is 4.21. The van der Waals surface area contributed by atoms with Gasteiger partial charge in [0, 0.05) is 16.8 Å². The van der Waals surface area contributed by atoms with Gasteiger partial charge in [0.15, 0.2) is 0 Å². The van der Waals surface area contributed by atoms with E-state index in [-0.39, 0.29) is 11.7 Å². The van der Waals surface area contributed by atoms with Crippen LogP contribution >= 0.6 is 0 Å². The fourth-order valence-corrected chi connectivity index (χ4v) is 3.11. The van der Waals surface area contributed by atoms with Crippen molar-refractivity contribution >= 4 is 23.2 Å². The lowest BCUT2D eigenvalue weighted by Crippen LogP contribution is -2.03. The molecule has 2 aliphatic carbocycles. The minimum atomic E-state index is -0.346. The summed E-state index contributed by atoms with van der Waals surface area (Å²) in [5.74, 6) is -0.543. The number of nitrogens with one attached hydrogen (secondary N) is 1. The number of hydrogen-bond donors (Lipinski definition) is 1. The molecule has 0 bridgehead atoms. The number of hydrogen-bond acceptors (Lipinski definition) is 1. The van der Waals surface area contributed by atoms with Crippen LogP contribution in [0.15, 0.2) is 54.6 Å². The second-order valence-corrected chi connectivity index (χ2v) is 5.72. The number of rotatable bonds is 1. The standard InChI is InChI=1S/C20H14FNO/c1-12-9-13(16-6-4-2-3-5-15(12)16)10-18-17-11-14(21)7-8-19(17)22-20(18)23/h2-11H,1H3,(H,22,23)/b18-10-. The minimum Gasteiger partial charge on any atom is -0.321 e. The maximum Gasteiger partial charge on any atom is 0.256 e. The molecule has 1 aromatic carbocycles. The normalized spacial score (nSPS) is 15.0. The summed E-state index contributed by atoms with van der Waals surface area (Å²) in [5, 5.41) is 2.78. The van der Waals surface area contributed by atoms with Gasteiger partial charge >= 0.3 is 0 Å². The molecular weight excluding hydrogens is 289 g/mol. The molecule has 0 saturated heterocycles. The molecule has 23 heavy (non-hydrogen) atoms. The highest BCUT2D eigenvalue weighted by atomic mass is 19.1. The van der Waals surface area contributed by atoms with E-state index in [9.17, 15) is 9.18 Å². The smallest absolute Gasteiger partial charge is 0.256 e. The first-order valence-electron chi connectivity index (χ1n) is 7.45. The molecule has 1 aliphatic heterocycles. The van der Waals surface area contributed by atoms with E-state index in [0.29, 0.717) is 16.8 Å². The lowest BCUT2D eigenvalue weighted by Gasteiger charge is -2.00. The third-order valence-electron chi connectivity index (χ3n) is 4.21. The quantitative estimate of drug-likeness (QED) is 0.647. The van der Waals surface area contributed by atoms with Gasteiger partial charge in [0.25, 0.3) is 5.91 Å². The van der Waals surface area contributed by atoms with E-state index in [1.54, 1.807) is 6.07 Å². The topological polar surface area (TPSA) is 29.1 Å². The van der Waals surface area contributed by atoms with Crippen molar-refractivity contribution in [3.8, 4) is 11.1 Å². The Balaban J connectivity index is 1.90. The molecule has 2 nitrogen and oxygen atoms in total. The zero-order valence-electron chi connectivity index (χ0n) is 12.6. The highest BCUT2D eigenvalue weighted by molar-refractivity contribution is 6.35.